The Morgan fingerprint density at radius 1 is 0.776 bits per heavy atom. The maximum atomic E-state index is 14.2. The van der Waals surface area contributed by atoms with Crippen LogP contribution < -0.4 is 16.0 Å². The van der Waals surface area contributed by atoms with Gasteiger partial charge >= 0.3 is 18.2 Å². The summed E-state index contributed by atoms with van der Waals surface area (Å²) < 4.78 is 23.1. The lowest BCUT2D eigenvalue weighted by Gasteiger charge is -2.36. The summed E-state index contributed by atoms with van der Waals surface area (Å²) in [5.74, 6) is -1.23. The first-order chi connectivity index (χ1) is 22.5. The fourth-order valence-electron chi connectivity index (χ4n) is 6.26. The fourth-order valence-corrected chi connectivity index (χ4v) is 6.26. The van der Waals surface area contributed by atoms with Crippen molar-refractivity contribution in [2.75, 3.05) is 6.61 Å². The molecule has 0 radical (unpaired) electrons. The molecule has 3 unspecified atom stereocenters. The average molecular weight is 690 g/mol. The Hall–Kier alpha value is -3.34. The maximum absolute atomic E-state index is 14.2. The molecule has 2 rings (SSSR count). The van der Waals surface area contributed by atoms with Gasteiger partial charge in [-0.05, 0) is 85.1 Å². The van der Waals surface area contributed by atoms with E-state index in [-0.39, 0.29) is 24.5 Å². The van der Waals surface area contributed by atoms with Crippen LogP contribution in [0, 0.1) is 11.3 Å². The van der Waals surface area contributed by atoms with Gasteiger partial charge in [-0.1, -0.05) is 83.2 Å². The first-order valence-corrected chi connectivity index (χ1v) is 17.7. The van der Waals surface area contributed by atoms with Gasteiger partial charge in [-0.3, -0.25) is 4.79 Å². The molecular formula is C38H63N3O8. The van der Waals surface area contributed by atoms with Crippen molar-refractivity contribution in [3.63, 3.8) is 0 Å². The Bertz CT molecular complexity index is 1210. The topological polar surface area (TPSA) is 141 Å². The van der Waals surface area contributed by atoms with Crippen molar-refractivity contribution >= 4 is 24.1 Å². The summed E-state index contributed by atoms with van der Waals surface area (Å²) in [4.78, 5) is 54.3. The van der Waals surface area contributed by atoms with Gasteiger partial charge in [-0.15, -0.1) is 0 Å². The molecule has 0 aromatic heterocycles. The third-order valence-electron chi connectivity index (χ3n) is 7.68. The van der Waals surface area contributed by atoms with Gasteiger partial charge in [0.05, 0.1) is 13.2 Å². The normalized spacial score (nSPS) is 16.5. The molecule has 49 heavy (non-hydrogen) atoms. The van der Waals surface area contributed by atoms with Crippen molar-refractivity contribution in [1.29, 1.82) is 0 Å². The molecule has 3 atom stereocenters. The summed E-state index contributed by atoms with van der Waals surface area (Å²) in [5, 5.41) is 8.49. The molecule has 0 spiro atoms. The maximum Gasteiger partial charge on any atom is 0.408 e. The van der Waals surface area contributed by atoms with E-state index in [9.17, 15) is 19.2 Å². The third-order valence-corrected chi connectivity index (χ3v) is 7.68. The van der Waals surface area contributed by atoms with E-state index < -0.39 is 59.0 Å². The van der Waals surface area contributed by atoms with Gasteiger partial charge in [-0.2, -0.15) is 0 Å². The smallest absolute Gasteiger partial charge is 0.408 e. The van der Waals surface area contributed by atoms with Gasteiger partial charge in [0.2, 0.25) is 6.10 Å². The third kappa shape index (κ3) is 17.8. The van der Waals surface area contributed by atoms with Gasteiger partial charge in [0.1, 0.15) is 23.3 Å². The molecular weight excluding hydrogens is 626 g/mol. The van der Waals surface area contributed by atoms with Gasteiger partial charge in [0.25, 0.3) is 5.91 Å². The lowest BCUT2D eigenvalue weighted by Crippen LogP contribution is -2.59. The Morgan fingerprint density at radius 3 is 1.86 bits per heavy atom. The van der Waals surface area contributed by atoms with Crippen molar-refractivity contribution in [2.45, 2.75) is 163 Å². The Balaban J connectivity index is 2.48. The lowest BCUT2D eigenvalue weighted by molar-refractivity contribution is -0.162. The van der Waals surface area contributed by atoms with Crippen LogP contribution in [-0.4, -0.2) is 65.6 Å². The highest BCUT2D eigenvalue weighted by atomic mass is 16.6. The Labute approximate surface area is 294 Å². The van der Waals surface area contributed by atoms with Crippen LogP contribution in [0.5, 0.6) is 0 Å². The average Bonchev–Trinajstić information content (AvgIpc) is 2.92. The summed E-state index contributed by atoms with van der Waals surface area (Å²) in [6.07, 6.45) is 2.90. The summed E-state index contributed by atoms with van der Waals surface area (Å²) in [6, 6.07) is 7.24. The van der Waals surface area contributed by atoms with Gasteiger partial charge in [-0.25, -0.2) is 14.4 Å². The van der Waals surface area contributed by atoms with Gasteiger partial charge in [0.15, 0.2) is 0 Å². The van der Waals surface area contributed by atoms with Crippen LogP contribution in [-0.2, 0) is 35.1 Å². The van der Waals surface area contributed by atoms with E-state index in [1.54, 1.807) is 41.5 Å². The summed E-state index contributed by atoms with van der Waals surface area (Å²) in [7, 11) is 0. The van der Waals surface area contributed by atoms with Crippen LogP contribution in [0.25, 0.3) is 0 Å². The minimum absolute atomic E-state index is 0.127. The molecule has 3 N–H and O–H groups in total. The molecule has 0 aliphatic heterocycles. The Morgan fingerprint density at radius 2 is 1.33 bits per heavy atom. The number of carbonyl (C=O) groups is 4. The van der Waals surface area contributed by atoms with Crippen LogP contribution in [0.4, 0.5) is 9.59 Å². The monoisotopic (exact) mass is 689 g/mol. The number of esters is 1. The van der Waals surface area contributed by atoms with E-state index in [0.29, 0.717) is 12.8 Å². The van der Waals surface area contributed by atoms with E-state index >= 15 is 0 Å². The van der Waals surface area contributed by atoms with Crippen LogP contribution in [0.15, 0.2) is 30.3 Å². The number of alkyl carbamates (subject to hydrolysis) is 2. The number of nitrogens with one attached hydrogen (secondary N) is 3. The standard InChI is InChI=1S/C38H63N3O8/c1-35(2,3)25-38(10,11)41-31(42)30(29(40-34(45)49-37(7,8)9)24-46-23-27-20-16-13-17-21-27)47-32(43)28(22-26-18-14-12-15-19-26)39-33(44)48-36(4,5)6/h13,16-17,20-21,26,28-30H,12,14-15,18-19,22-25H2,1-11H3,(H,39,44)(H,40,45)(H,41,42). The minimum Gasteiger partial charge on any atom is -0.448 e. The molecule has 278 valence electrons. The highest BCUT2D eigenvalue weighted by Gasteiger charge is 2.40. The second-order valence-corrected chi connectivity index (χ2v) is 17.2. The highest BCUT2D eigenvalue weighted by molar-refractivity contribution is 5.88. The van der Waals surface area contributed by atoms with Crippen molar-refractivity contribution < 1.29 is 38.1 Å². The zero-order valence-electron chi connectivity index (χ0n) is 31.8. The number of hydrogen-bond acceptors (Lipinski definition) is 8. The quantitative estimate of drug-likeness (QED) is 0.138. The largest absolute Gasteiger partial charge is 0.448 e. The molecule has 1 aromatic rings. The van der Waals surface area contributed by atoms with Crippen molar-refractivity contribution in [3.05, 3.63) is 35.9 Å². The molecule has 0 bridgehead atoms. The molecule has 0 heterocycles. The van der Waals surface area contributed by atoms with Crippen LogP contribution in [0.1, 0.15) is 127 Å². The SMILES string of the molecule is CC(C)(C)CC(C)(C)NC(=O)C(OC(=O)C(CC1CCCCC1)NC(=O)OC(C)(C)C)C(COCc1ccccc1)NC(=O)OC(C)(C)C. The molecule has 11 nitrogen and oxygen atoms in total. The van der Waals surface area contributed by atoms with E-state index in [2.05, 4.69) is 36.7 Å². The van der Waals surface area contributed by atoms with Crippen LogP contribution in [0.3, 0.4) is 0 Å². The molecule has 3 amide bonds. The van der Waals surface area contributed by atoms with E-state index in [1.807, 2.05) is 44.2 Å². The number of benzene rings is 1. The molecule has 1 fully saturated rings. The van der Waals surface area contributed by atoms with E-state index in [1.165, 1.54) is 0 Å². The number of carbonyl (C=O) groups excluding carboxylic acids is 4. The highest BCUT2D eigenvalue weighted by Crippen LogP contribution is 2.29. The summed E-state index contributed by atoms with van der Waals surface area (Å²) >= 11 is 0. The molecule has 1 saturated carbocycles. The molecule has 1 aromatic carbocycles. The van der Waals surface area contributed by atoms with Gasteiger partial charge in [0, 0.05) is 5.54 Å². The first kappa shape index (κ1) is 41.8. The minimum atomic E-state index is -1.52. The van der Waals surface area contributed by atoms with Crippen molar-refractivity contribution in [3.8, 4) is 0 Å². The number of ether oxygens (including phenoxy) is 4. The predicted molar refractivity (Wildman–Crippen MR) is 190 cm³/mol. The summed E-state index contributed by atoms with van der Waals surface area (Å²) in [5.41, 5.74) is -1.55. The van der Waals surface area contributed by atoms with Crippen LogP contribution in [0.2, 0.25) is 0 Å². The first-order valence-electron chi connectivity index (χ1n) is 17.7. The molecule has 11 heteroatoms. The van der Waals surface area contributed by atoms with Gasteiger partial charge < -0.3 is 34.9 Å². The van der Waals surface area contributed by atoms with E-state index in [4.69, 9.17) is 18.9 Å². The zero-order chi connectivity index (χ0) is 37.0. The number of rotatable bonds is 14. The summed E-state index contributed by atoms with van der Waals surface area (Å²) in [6.45, 7) is 20.4. The molecule has 1 aliphatic carbocycles. The predicted octanol–water partition coefficient (Wildman–Crippen LogP) is 7.20. The number of hydrogen-bond donors (Lipinski definition) is 3. The second-order valence-electron chi connectivity index (χ2n) is 17.2. The molecule has 0 saturated heterocycles. The lowest BCUT2D eigenvalue weighted by atomic mass is 9.81. The van der Waals surface area contributed by atoms with E-state index in [0.717, 1.165) is 37.7 Å². The zero-order valence-corrected chi connectivity index (χ0v) is 31.8. The van der Waals surface area contributed by atoms with Crippen molar-refractivity contribution in [1.82, 2.24) is 16.0 Å². The Kier molecular flexibility index (Phi) is 15.4. The number of amides is 3. The molecule has 1 aliphatic rings. The van der Waals surface area contributed by atoms with Crippen LogP contribution >= 0.6 is 0 Å². The van der Waals surface area contributed by atoms with Crippen molar-refractivity contribution in [2.24, 2.45) is 11.3 Å². The second kappa shape index (κ2) is 18.1. The fraction of sp³-hybridized carbons (Fsp3) is 0.737.